The zero-order valence-corrected chi connectivity index (χ0v) is 8.81. The van der Waals surface area contributed by atoms with Crippen LogP contribution in [0.5, 0.6) is 0 Å². The van der Waals surface area contributed by atoms with E-state index in [2.05, 4.69) is 0 Å². The molecule has 0 aromatic carbocycles. The lowest BCUT2D eigenvalue weighted by Gasteiger charge is -2.41. The number of piperazine rings is 1. The Balaban J connectivity index is 2.40. The average molecular weight is 216 g/mol. The minimum absolute atomic E-state index is 0.000904. The first-order chi connectivity index (χ1) is 6.91. The minimum atomic E-state index is -1.05. The van der Waals surface area contributed by atoms with Crippen LogP contribution < -0.4 is 5.11 Å². The maximum atomic E-state index is 10.5. The summed E-state index contributed by atoms with van der Waals surface area (Å²) < 4.78 is 0.429. The first-order valence-corrected chi connectivity index (χ1v) is 4.89. The van der Waals surface area contributed by atoms with Gasteiger partial charge in [0, 0.05) is 13.1 Å². The molecule has 6 heteroatoms. The summed E-state index contributed by atoms with van der Waals surface area (Å²) in [7, 11) is 1.86. The van der Waals surface area contributed by atoms with E-state index in [1.807, 2.05) is 11.9 Å². The molecule has 0 aromatic heterocycles. The van der Waals surface area contributed by atoms with Crippen LogP contribution in [0.1, 0.15) is 0 Å². The van der Waals surface area contributed by atoms with Gasteiger partial charge in [-0.1, -0.05) is 0 Å². The minimum Gasteiger partial charge on any atom is -0.544 e. The van der Waals surface area contributed by atoms with Crippen molar-refractivity contribution in [2.75, 3.05) is 46.3 Å². The molecule has 1 N–H and O–H groups in total. The van der Waals surface area contributed by atoms with Gasteiger partial charge in [0.2, 0.25) is 0 Å². The molecule has 1 aliphatic rings. The van der Waals surface area contributed by atoms with Crippen molar-refractivity contribution in [3.8, 4) is 0 Å². The van der Waals surface area contributed by atoms with Crippen molar-refractivity contribution in [2.45, 2.75) is 0 Å². The molecule has 0 atom stereocenters. The molecule has 1 heterocycles. The second kappa shape index (κ2) is 4.59. The highest BCUT2D eigenvalue weighted by atomic mass is 16.4. The summed E-state index contributed by atoms with van der Waals surface area (Å²) in [6.45, 7) is 2.58. The van der Waals surface area contributed by atoms with Crippen LogP contribution in [-0.2, 0) is 9.59 Å². The molecule has 1 fully saturated rings. The number of hydrogen-bond donors (Lipinski definition) is 1. The number of likely N-dealkylation sites (N-methyl/N-ethyl adjacent to an activating group) is 1. The lowest BCUT2D eigenvalue weighted by atomic mass is 10.2. The van der Waals surface area contributed by atoms with E-state index in [-0.39, 0.29) is 13.1 Å². The Hall–Kier alpha value is -1.14. The maximum absolute atomic E-state index is 10.5. The number of carboxylic acid groups (broad SMARTS) is 2. The van der Waals surface area contributed by atoms with Crippen molar-refractivity contribution < 1.29 is 24.3 Å². The third kappa shape index (κ3) is 3.85. The van der Waals surface area contributed by atoms with E-state index in [0.29, 0.717) is 30.7 Å². The number of hydrogen-bond acceptors (Lipinski definition) is 4. The molecule has 0 saturated carbocycles. The predicted octanol–water partition coefficient (Wildman–Crippen LogP) is -2.42. The SMILES string of the molecule is C[N+]1(CC(=O)[O-])CCN(CC(=O)O)CC1. The van der Waals surface area contributed by atoms with Crippen LogP contribution in [-0.4, -0.2) is 72.7 Å². The second-order valence-corrected chi connectivity index (χ2v) is 4.27. The predicted molar refractivity (Wildman–Crippen MR) is 49.9 cm³/mol. The van der Waals surface area contributed by atoms with Crippen molar-refractivity contribution >= 4 is 11.9 Å². The van der Waals surface area contributed by atoms with Gasteiger partial charge in [-0.15, -0.1) is 0 Å². The zero-order chi connectivity index (χ0) is 11.5. The molecule has 1 saturated heterocycles. The van der Waals surface area contributed by atoms with E-state index in [1.54, 1.807) is 0 Å². The highest BCUT2D eigenvalue weighted by Crippen LogP contribution is 2.08. The third-order valence-electron chi connectivity index (χ3n) is 2.78. The zero-order valence-electron chi connectivity index (χ0n) is 8.81. The van der Waals surface area contributed by atoms with Gasteiger partial charge in [0.25, 0.3) is 0 Å². The Morgan fingerprint density at radius 1 is 1.40 bits per heavy atom. The molecule has 86 valence electrons. The quantitative estimate of drug-likeness (QED) is 0.529. The van der Waals surface area contributed by atoms with Crippen molar-refractivity contribution in [1.82, 2.24) is 4.90 Å². The monoisotopic (exact) mass is 216 g/mol. The number of carbonyl (C=O) groups is 2. The number of rotatable bonds is 4. The molecule has 6 nitrogen and oxygen atoms in total. The first kappa shape index (κ1) is 11.9. The summed E-state index contributed by atoms with van der Waals surface area (Å²) in [5.41, 5.74) is 0. The number of carboxylic acids is 2. The molecule has 0 spiro atoms. The maximum Gasteiger partial charge on any atom is 0.317 e. The number of aliphatic carboxylic acids is 2. The van der Waals surface area contributed by atoms with E-state index >= 15 is 0 Å². The Morgan fingerprint density at radius 2 is 1.93 bits per heavy atom. The highest BCUT2D eigenvalue weighted by molar-refractivity contribution is 5.69. The summed E-state index contributed by atoms with van der Waals surface area (Å²) in [4.78, 5) is 22.8. The van der Waals surface area contributed by atoms with Crippen molar-refractivity contribution in [1.29, 1.82) is 0 Å². The largest absolute Gasteiger partial charge is 0.544 e. The van der Waals surface area contributed by atoms with Gasteiger partial charge in [-0.2, -0.15) is 0 Å². The Morgan fingerprint density at radius 3 is 2.33 bits per heavy atom. The molecule has 0 bridgehead atoms. The Bertz CT molecular complexity index is 259. The molecular weight excluding hydrogens is 200 g/mol. The molecule has 0 aliphatic carbocycles. The fraction of sp³-hybridized carbons (Fsp3) is 0.778. The van der Waals surface area contributed by atoms with Gasteiger partial charge in [0.15, 0.2) is 0 Å². The summed E-state index contributed by atoms with van der Waals surface area (Å²) in [5.74, 6) is -1.89. The van der Waals surface area contributed by atoms with Crippen LogP contribution >= 0.6 is 0 Å². The summed E-state index contributed by atoms with van der Waals surface area (Å²) >= 11 is 0. The van der Waals surface area contributed by atoms with Crippen LogP contribution in [0.25, 0.3) is 0 Å². The lowest BCUT2D eigenvalue weighted by molar-refractivity contribution is -0.908. The third-order valence-corrected chi connectivity index (χ3v) is 2.78. The molecule has 0 aromatic rings. The van der Waals surface area contributed by atoms with Crippen molar-refractivity contribution in [3.63, 3.8) is 0 Å². The van der Waals surface area contributed by atoms with Crippen LogP contribution in [0.4, 0.5) is 0 Å². The van der Waals surface area contributed by atoms with Gasteiger partial charge in [-0.25, -0.2) is 0 Å². The van der Waals surface area contributed by atoms with Crippen LogP contribution in [0.15, 0.2) is 0 Å². The van der Waals surface area contributed by atoms with E-state index in [9.17, 15) is 14.7 Å². The molecular formula is C9H16N2O4. The second-order valence-electron chi connectivity index (χ2n) is 4.27. The standard InChI is InChI=1S/C9H16N2O4/c1-11(7-9(14)15)4-2-10(3-5-11)6-8(12)13/h2-7H2,1H3,(H-,12,13,14,15). The Kier molecular flexibility index (Phi) is 3.65. The van der Waals surface area contributed by atoms with E-state index in [0.717, 1.165) is 0 Å². The van der Waals surface area contributed by atoms with Crippen LogP contribution in [0, 0.1) is 0 Å². The lowest BCUT2D eigenvalue weighted by Crippen LogP contribution is -2.60. The fourth-order valence-corrected chi connectivity index (χ4v) is 1.81. The van der Waals surface area contributed by atoms with Gasteiger partial charge in [0.1, 0.15) is 6.54 Å². The molecule has 1 rings (SSSR count). The van der Waals surface area contributed by atoms with E-state index in [1.165, 1.54) is 0 Å². The molecule has 15 heavy (non-hydrogen) atoms. The number of nitrogens with zero attached hydrogens (tertiary/aromatic N) is 2. The Labute approximate surface area is 88.3 Å². The smallest absolute Gasteiger partial charge is 0.317 e. The van der Waals surface area contributed by atoms with Gasteiger partial charge in [-0.3, -0.25) is 9.69 Å². The van der Waals surface area contributed by atoms with Gasteiger partial charge >= 0.3 is 5.97 Å². The molecule has 0 amide bonds. The van der Waals surface area contributed by atoms with Gasteiger partial charge < -0.3 is 19.5 Å². The van der Waals surface area contributed by atoms with E-state index in [4.69, 9.17) is 5.11 Å². The number of carbonyl (C=O) groups excluding carboxylic acids is 1. The normalized spacial score (nSPS) is 21.1. The molecule has 1 aliphatic heterocycles. The van der Waals surface area contributed by atoms with Crippen LogP contribution in [0.2, 0.25) is 0 Å². The highest BCUT2D eigenvalue weighted by Gasteiger charge is 2.29. The topological polar surface area (TPSA) is 80.7 Å². The molecule has 0 radical (unpaired) electrons. The number of quaternary nitrogens is 1. The summed E-state index contributed by atoms with van der Waals surface area (Å²) in [5, 5.41) is 19.1. The van der Waals surface area contributed by atoms with Gasteiger partial charge in [0.05, 0.1) is 32.7 Å². The molecule has 0 unspecified atom stereocenters. The first-order valence-electron chi connectivity index (χ1n) is 4.89. The summed E-state index contributed by atoms with van der Waals surface area (Å²) in [6.07, 6.45) is 0. The average Bonchev–Trinajstić information content (AvgIpc) is 2.07. The van der Waals surface area contributed by atoms with E-state index < -0.39 is 11.9 Å². The van der Waals surface area contributed by atoms with Crippen LogP contribution in [0.3, 0.4) is 0 Å². The van der Waals surface area contributed by atoms with Crippen molar-refractivity contribution in [2.24, 2.45) is 0 Å². The van der Waals surface area contributed by atoms with Gasteiger partial charge in [-0.05, 0) is 0 Å². The summed E-state index contributed by atoms with van der Waals surface area (Å²) in [6, 6.07) is 0. The fourth-order valence-electron chi connectivity index (χ4n) is 1.81. The van der Waals surface area contributed by atoms with Crippen molar-refractivity contribution in [3.05, 3.63) is 0 Å².